The molecule has 0 aliphatic rings. The van der Waals surface area contributed by atoms with Gasteiger partial charge in [0.1, 0.15) is 0 Å². The van der Waals surface area contributed by atoms with Gasteiger partial charge in [-0.05, 0) is 36.8 Å². The Balaban J connectivity index is 2.01. The van der Waals surface area contributed by atoms with Gasteiger partial charge in [0.2, 0.25) is 0 Å². The molecule has 0 saturated carbocycles. The van der Waals surface area contributed by atoms with Gasteiger partial charge < -0.3 is 0 Å². The summed E-state index contributed by atoms with van der Waals surface area (Å²) in [4.78, 5) is 0. The molecule has 0 radical (unpaired) electrons. The summed E-state index contributed by atoms with van der Waals surface area (Å²) in [7, 11) is 0. The van der Waals surface area contributed by atoms with Gasteiger partial charge in [0.25, 0.3) is 0 Å². The second-order valence-electron chi connectivity index (χ2n) is 7.21. The number of hydrogen-bond donors (Lipinski definition) is 0. The molecular weight excluding hydrogens is 276 g/mol. The van der Waals surface area contributed by atoms with Crippen molar-refractivity contribution >= 4 is 0 Å². The van der Waals surface area contributed by atoms with Crippen molar-refractivity contribution in [3.63, 3.8) is 0 Å². The first-order chi connectivity index (χ1) is 11.4. The maximum atomic E-state index is 2.45. The predicted molar refractivity (Wildman–Crippen MR) is 105 cm³/mol. The van der Waals surface area contributed by atoms with Gasteiger partial charge >= 0.3 is 0 Å². The Morgan fingerprint density at radius 3 is 1.43 bits per heavy atom. The second-order valence-corrected chi connectivity index (χ2v) is 7.21. The van der Waals surface area contributed by atoms with E-state index in [0.717, 1.165) is 0 Å². The summed E-state index contributed by atoms with van der Waals surface area (Å²) in [6.45, 7) is 4.57. The van der Waals surface area contributed by atoms with Crippen molar-refractivity contribution in [1.29, 1.82) is 0 Å². The molecule has 0 aromatic heterocycles. The van der Waals surface area contributed by atoms with Gasteiger partial charge in [0.15, 0.2) is 0 Å². The van der Waals surface area contributed by atoms with E-state index < -0.39 is 0 Å². The largest absolute Gasteiger partial charge is 0.0654 e. The van der Waals surface area contributed by atoms with Crippen molar-refractivity contribution in [2.24, 2.45) is 0 Å². The van der Waals surface area contributed by atoms with Crippen LogP contribution in [0.3, 0.4) is 0 Å². The van der Waals surface area contributed by atoms with Crippen LogP contribution in [0.25, 0.3) is 0 Å². The summed E-state index contributed by atoms with van der Waals surface area (Å²) >= 11 is 0. The Bertz CT molecular complexity index is 366. The van der Waals surface area contributed by atoms with Crippen LogP contribution < -0.4 is 0 Å². The Labute approximate surface area is 146 Å². The molecule has 0 N–H and O–H groups in total. The van der Waals surface area contributed by atoms with E-state index in [9.17, 15) is 0 Å². The van der Waals surface area contributed by atoms with Crippen LogP contribution in [-0.2, 0) is 12.8 Å². The topological polar surface area (TPSA) is 0 Å². The number of rotatable bonds is 15. The molecule has 0 heterocycles. The molecule has 0 spiro atoms. The molecule has 0 nitrogen and oxygen atoms in total. The van der Waals surface area contributed by atoms with Gasteiger partial charge in [-0.3, -0.25) is 0 Å². The van der Waals surface area contributed by atoms with Crippen LogP contribution in [0.2, 0.25) is 0 Å². The normalized spacial score (nSPS) is 11.0. The molecule has 0 fully saturated rings. The smallest absolute Gasteiger partial charge is 0.0279 e. The minimum absolute atomic E-state index is 1.26. The van der Waals surface area contributed by atoms with Crippen LogP contribution in [0, 0.1) is 0 Å². The number of hydrogen-bond acceptors (Lipinski definition) is 0. The van der Waals surface area contributed by atoms with Gasteiger partial charge in [-0.2, -0.15) is 0 Å². The minimum atomic E-state index is 1.26. The number of unbranched alkanes of at least 4 members (excludes halogenated alkanes) is 11. The maximum Gasteiger partial charge on any atom is -0.0279 e. The molecular formula is C23H40. The highest BCUT2D eigenvalue weighted by Crippen LogP contribution is 2.14. The Morgan fingerprint density at radius 2 is 0.913 bits per heavy atom. The third-order valence-electron chi connectivity index (χ3n) is 4.88. The lowest BCUT2D eigenvalue weighted by molar-refractivity contribution is 0.556. The van der Waals surface area contributed by atoms with Crippen LogP contribution in [0.15, 0.2) is 24.3 Å². The molecule has 0 atom stereocenters. The van der Waals surface area contributed by atoms with Crippen molar-refractivity contribution in [1.82, 2.24) is 0 Å². The highest BCUT2D eigenvalue weighted by Gasteiger charge is 1.98. The van der Waals surface area contributed by atoms with E-state index in [4.69, 9.17) is 0 Å². The zero-order chi connectivity index (χ0) is 16.6. The van der Waals surface area contributed by atoms with E-state index >= 15 is 0 Å². The summed E-state index contributed by atoms with van der Waals surface area (Å²) in [6.07, 6.45) is 20.8. The summed E-state index contributed by atoms with van der Waals surface area (Å²) < 4.78 is 0. The quantitative estimate of drug-likeness (QED) is 0.289. The average Bonchev–Trinajstić information content (AvgIpc) is 2.57. The summed E-state index contributed by atoms with van der Waals surface area (Å²) in [5.74, 6) is 0. The molecule has 1 aromatic carbocycles. The second kappa shape index (κ2) is 14.8. The number of aryl methyl sites for hydroxylation is 2. The predicted octanol–water partition coefficient (Wildman–Crippen LogP) is 7.88. The zero-order valence-electron chi connectivity index (χ0n) is 15.9. The molecule has 132 valence electrons. The molecule has 23 heavy (non-hydrogen) atoms. The standard InChI is InChI=1S/C23H40/c1-3-5-7-8-9-10-11-12-13-15-18-23-20-16-19-22(21-23)17-14-6-4-2/h16,19-21H,3-15,17-18H2,1-2H3. The summed E-state index contributed by atoms with van der Waals surface area (Å²) in [6, 6.07) is 9.32. The van der Waals surface area contributed by atoms with Crippen LogP contribution in [0.1, 0.15) is 108 Å². The maximum absolute atomic E-state index is 2.45. The third-order valence-corrected chi connectivity index (χ3v) is 4.88. The van der Waals surface area contributed by atoms with E-state index in [2.05, 4.69) is 38.1 Å². The average molecular weight is 317 g/mol. The monoisotopic (exact) mass is 316 g/mol. The third kappa shape index (κ3) is 11.4. The van der Waals surface area contributed by atoms with Gasteiger partial charge in [-0.1, -0.05) is 109 Å². The van der Waals surface area contributed by atoms with E-state index in [1.54, 1.807) is 11.1 Å². The fourth-order valence-corrected chi connectivity index (χ4v) is 3.34. The van der Waals surface area contributed by atoms with Gasteiger partial charge in [0.05, 0.1) is 0 Å². The van der Waals surface area contributed by atoms with Crippen molar-refractivity contribution in [2.75, 3.05) is 0 Å². The first-order valence-corrected chi connectivity index (χ1v) is 10.4. The lowest BCUT2D eigenvalue weighted by Gasteiger charge is -2.06. The fraction of sp³-hybridized carbons (Fsp3) is 0.739. The SMILES string of the molecule is CCCCCCCCCCCCc1cccc(CCCCC)c1. The molecule has 0 saturated heterocycles. The minimum Gasteiger partial charge on any atom is -0.0654 e. The highest BCUT2D eigenvalue weighted by atomic mass is 14.0. The van der Waals surface area contributed by atoms with Crippen LogP contribution in [0.5, 0.6) is 0 Å². The lowest BCUT2D eigenvalue weighted by atomic mass is 10.0. The Hall–Kier alpha value is -0.780. The number of benzene rings is 1. The van der Waals surface area contributed by atoms with Crippen LogP contribution >= 0.6 is 0 Å². The van der Waals surface area contributed by atoms with E-state index in [1.165, 1.54) is 96.3 Å². The Kier molecular flexibility index (Phi) is 13.0. The molecule has 0 bridgehead atoms. The first-order valence-electron chi connectivity index (χ1n) is 10.4. The molecule has 1 aromatic rings. The molecule has 0 aliphatic heterocycles. The molecule has 0 heteroatoms. The molecule has 1 rings (SSSR count). The zero-order valence-corrected chi connectivity index (χ0v) is 15.9. The van der Waals surface area contributed by atoms with E-state index in [-0.39, 0.29) is 0 Å². The van der Waals surface area contributed by atoms with E-state index in [1.807, 2.05) is 0 Å². The van der Waals surface area contributed by atoms with Crippen LogP contribution in [-0.4, -0.2) is 0 Å². The molecule has 0 unspecified atom stereocenters. The van der Waals surface area contributed by atoms with Crippen molar-refractivity contribution in [3.8, 4) is 0 Å². The van der Waals surface area contributed by atoms with Crippen molar-refractivity contribution in [2.45, 2.75) is 110 Å². The lowest BCUT2D eigenvalue weighted by Crippen LogP contribution is -1.90. The van der Waals surface area contributed by atoms with Crippen LogP contribution in [0.4, 0.5) is 0 Å². The van der Waals surface area contributed by atoms with E-state index in [0.29, 0.717) is 0 Å². The first kappa shape index (κ1) is 20.3. The van der Waals surface area contributed by atoms with Crippen molar-refractivity contribution < 1.29 is 0 Å². The molecule has 0 aliphatic carbocycles. The summed E-state index contributed by atoms with van der Waals surface area (Å²) in [5.41, 5.74) is 3.10. The Morgan fingerprint density at radius 1 is 0.522 bits per heavy atom. The molecule has 0 amide bonds. The fourth-order valence-electron chi connectivity index (χ4n) is 3.34. The van der Waals surface area contributed by atoms with Crippen molar-refractivity contribution in [3.05, 3.63) is 35.4 Å². The summed E-state index contributed by atoms with van der Waals surface area (Å²) in [5, 5.41) is 0. The highest BCUT2D eigenvalue weighted by molar-refractivity contribution is 5.23. The van der Waals surface area contributed by atoms with Gasteiger partial charge in [0, 0.05) is 0 Å². The van der Waals surface area contributed by atoms with Gasteiger partial charge in [-0.15, -0.1) is 0 Å². The van der Waals surface area contributed by atoms with Gasteiger partial charge in [-0.25, -0.2) is 0 Å².